The molecule has 0 spiro atoms. The summed E-state index contributed by atoms with van der Waals surface area (Å²) in [5.41, 5.74) is 1.52. The molecular formula is C15H11FO. The highest BCUT2D eigenvalue weighted by atomic mass is 19.1. The third-order valence-corrected chi connectivity index (χ3v) is 2.57. The lowest BCUT2D eigenvalue weighted by atomic mass is 9.98. The molecule has 0 bridgehead atoms. The van der Waals surface area contributed by atoms with Gasteiger partial charge < -0.3 is 0 Å². The van der Waals surface area contributed by atoms with Crippen LogP contribution in [0, 0.1) is 19.7 Å². The molecule has 2 aromatic rings. The van der Waals surface area contributed by atoms with E-state index in [9.17, 15) is 9.18 Å². The van der Waals surface area contributed by atoms with E-state index in [1.165, 1.54) is 12.1 Å². The fourth-order valence-electron chi connectivity index (χ4n) is 1.65. The lowest BCUT2D eigenvalue weighted by Crippen LogP contribution is -2.06. The number of hydrogen-bond donors (Lipinski definition) is 0. The van der Waals surface area contributed by atoms with E-state index in [2.05, 4.69) is 0 Å². The summed E-state index contributed by atoms with van der Waals surface area (Å²) in [6.07, 6.45) is 0. The van der Waals surface area contributed by atoms with Crippen LogP contribution < -0.4 is 0 Å². The van der Waals surface area contributed by atoms with E-state index in [-0.39, 0.29) is 11.3 Å². The van der Waals surface area contributed by atoms with Crippen molar-refractivity contribution in [3.8, 4) is 0 Å². The van der Waals surface area contributed by atoms with E-state index >= 15 is 0 Å². The Kier molecular flexibility index (Phi) is 3.05. The van der Waals surface area contributed by atoms with Crippen LogP contribution in [0.5, 0.6) is 0 Å². The molecule has 0 saturated carbocycles. The number of halogens is 1. The van der Waals surface area contributed by atoms with Crippen molar-refractivity contribution in [2.75, 3.05) is 0 Å². The van der Waals surface area contributed by atoms with Crippen molar-refractivity contribution >= 4 is 5.78 Å². The van der Waals surface area contributed by atoms with Crippen molar-refractivity contribution in [2.45, 2.75) is 6.92 Å². The number of carbonyl (C=O) groups excluding carboxylic acids is 1. The van der Waals surface area contributed by atoms with Gasteiger partial charge in [0.05, 0.1) is 5.56 Å². The predicted octanol–water partition coefficient (Wildman–Crippen LogP) is 3.42. The Labute approximate surface area is 99.9 Å². The van der Waals surface area contributed by atoms with Crippen molar-refractivity contribution in [2.24, 2.45) is 0 Å². The van der Waals surface area contributed by atoms with Gasteiger partial charge in [0.25, 0.3) is 0 Å². The molecule has 0 aromatic heterocycles. The number of rotatable bonds is 2. The second kappa shape index (κ2) is 4.50. The molecule has 0 saturated heterocycles. The van der Waals surface area contributed by atoms with E-state index in [1.54, 1.807) is 37.3 Å². The third kappa shape index (κ3) is 2.26. The summed E-state index contributed by atoms with van der Waals surface area (Å²) in [5.74, 6) is -0.904. The zero-order valence-corrected chi connectivity index (χ0v) is 9.41. The fraction of sp³-hybridized carbons (Fsp3) is 0.0667. The lowest BCUT2D eigenvalue weighted by Gasteiger charge is -2.06. The summed E-state index contributed by atoms with van der Waals surface area (Å²) in [5, 5.41) is 0. The summed E-state index contributed by atoms with van der Waals surface area (Å²) < 4.78 is 13.7. The van der Waals surface area contributed by atoms with Gasteiger partial charge in [0.2, 0.25) is 0 Å². The summed E-state index contributed by atoms with van der Waals surface area (Å²) in [7, 11) is 0. The molecule has 0 unspecified atom stereocenters. The molecule has 2 radical (unpaired) electrons. The van der Waals surface area contributed by atoms with Gasteiger partial charge in [-0.25, -0.2) is 4.39 Å². The smallest absolute Gasteiger partial charge is 0.196 e. The molecule has 0 fully saturated rings. The average Bonchev–Trinajstić information content (AvgIpc) is 2.29. The Morgan fingerprint density at radius 1 is 1.12 bits per heavy atom. The summed E-state index contributed by atoms with van der Waals surface area (Å²) in [6, 6.07) is 11.2. The minimum Gasteiger partial charge on any atom is -0.288 e. The number of benzene rings is 2. The first kappa shape index (κ1) is 11.5. The Morgan fingerprint density at radius 3 is 2.47 bits per heavy atom. The summed E-state index contributed by atoms with van der Waals surface area (Å²) in [4.78, 5) is 12.1. The molecule has 2 heteroatoms. The van der Waals surface area contributed by atoms with Gasteiger partial charge in [0, 0.05) is 5.56 Å². The van der Waals surface area contributed by atoms with Gasteiger partial charge in [-0.05, 0) is 37.1 Å². The van der Waals surface area contributed by atoms with Crippen LogP contribution in [0.25, 0.3) is 0 Å². The number of ketones is 1. The molecule has 2 rings (SSSR count). The maximum Gasteiger partial charge on any atom is 0.196 e. The molecule has 0 atom stereocenters. The normalized spacial score (nSPS) is 10.3. The Hall–Kier alpha value is -1.96. The van der Waals surface area contributed by atoms with Crippen LogP contribution in [0.15, 0.2) is 42.5 Å². The summed E-state index contributed by atoms with van der Waals surface area (Å²) >= 11 is 0. The molecule has 0 aliphatic heterocycles. The van der Waals surface area contributed by atoms with Gasteiger partial charge in [0.1, 0.15) is 5.82 Å². The standard InChI is InChI=1S/C15H11FO/c1-10-7-8-13(14(16)9-10)15(17)12-6-4-3-5-11(12)2/h2-9H,1H3. The first-order chi connectivity index (χ1) is 8.09. The molecule has 17 heavy (non-hydrogen) atoms. The van der Waals surface area contributed by atoms with Gasteiger partial charge in [-0.1, -0.05) is 30.3 Å². The predicted molar refractivity (Wildman–Crippen MR) is 64.4 cm³/mol. The molecule has 0 aliphatic rings. The van der Waals surface area contributed by atoms with Crippen LogP contribution >= 0.6 is 0 Å². The van der Waals surface area contributed by atoms with Crippen LogP contribution in [-0.4, -0.2) is 5.78 Å². The molecule has 0 aliphatic carbocycles. The Balaban J connectivity index is 2.48. The van der Waals surface area contributed by atoms with Crippen LogP contribution in [-0.2, 0) is 0 Å². The zero-order chi connectivity index (χ0) is 12.4. The van der Waals surface area contributed by atoms with Crippen LogP contribution in [0.3, 0.4) is 0 Å². The van der Waals surface area contributed by atoms with Crippen molar-refractivity contribution in [1.82, 2.24) is 0 Å². The zero-order valence-electron chi connectivity index (χ0n) is 9.41. The second-order valence-corrected chi connectivity index (χ2v) is 3.90. The van der Waals surface area contributed by atoms with Crippen molar-refractivity contribution in [3.63, 3.8) is 0 Å². The topological polar surface area (TPSA) is 17.1 Å². The Morgan fingerprint density at radius 2 is 1.82 bits per heavy atom. The molecule has 0 N–H and O–H groups in total. The monoisotopic (exact) mass is 226 g/mol. The molecule has 0 heterocycles. The lowest BCUT2D eigenvalue weighted by molar-refractivity contribution is 0.103. The van der Waals surface area contributed by atoms with E-state index in [1.807, 2.05) is 0 Å². The molecule has 2 aromatic carbocycles. The van der Waals surface area contributed by atoms with Crippen LogP contribution in [0.1, 0.15) is 27.0 Å². The highest BCUT2D eigenvalue weighted by Crippen LogP contribution is 2.17. The number of carbonyl (C=O) groups is 1. The largest absolute Gasteiger partial charge is 0.288 e. The minimum atomic E-state index is -0.516. The summed E-state index contributed by atoms with van der Waals surface area (Å²) in [6.45, 7) is 7.47. The maximum atomic E-state index is 13.7. The van der Waals surface area contributed by atoms with Crippen LogP contribution in [0.2, 0.25) is 0 Å². The minimum absolute atomic E-state index is 0.0495. The van der Waals surface area contributed by atoms with Crippen molar-refractivity contribution in [3.05, 3.63) is 77.5 Å². The maximum absolute atomic E-state index is 13.7. The third-order valence-electron chi connectivity index (χ3n) is 2.57. The first-order valence-electron chi connectivity index (χ1n) is 5.25. The number of hydrogen-bond acceptors (Lipinski definition) is 1. The molecule has 84 valence electrons. The van der Waals surface area contributed by atoms with E-state index in [0.29, 0.717) is 11.1 Å². The van der Waals surface area contributed by atoms with E-state index < -0.39 is 5.82 Å². The van der Waals surface area contributed by atoms with Gasteiger partial charge in [-0.3, -0.25) is 4.79 Å². The Bertz CT molecular complexity index is 573. The van der Waals surface area contributed by atoms with Gasteiger partial charge >= 0.3 is 0 Å². The van der Waals surface area contributed by atoms with Crippen molar-refractivity contribution < 1.29 is 9.18 Å². The van der Waals surface area contributed by atoms with Gasteiger partial charge in [-0.15, -0.1) is 0 Å². The molecular weight excluding hydrogens is 215 g/mol. The fourth-order valence-corrected chi connectivity index (χ4v) is 1.65. The second-order valence-electron chi connectivity index (χ2n) is 3.90. The van der Waals surface area contributed by atoms with E-state index in [0.717, 1.165) is 5.56 Å². The quantitative estimate of drug-likeness (QED) is 0.717. The highest BCUT2D eigenvalue weighted by Gasteiger charge is 2.15. The van der Waals surface area contributed by atoms with Gasteiger partial charge in [0.15, 0.2) is 5.78 Å². The van der Waals surface area contributed by atoms with Gasteiger partial charge in [-0.2, -0.15) is 0 Å². The average molecular weight is 226 g/mol. The first-order valence-corrected chi connectivity index (χ1v) is 5.25. The highest BCUT2D eigenvalue weighted by molar-refractivity contribution is 6.10. The molecule has 1 nitrogen and oxygen atoms in total. The van der Waals surface area contributed by atoms with Crippen molar-refractivity contribution in [1.29, 1.82) is 0 Å². The molecule has 0 amide bonds. The number of aryl methyl sites for hydroxylation is 1. The van der Waals surface area contributed by atoms with Crippen LogP contribution in [0.4, 0.5) is 4.39 Å². The van der Waals surface area contributed by atoms with E-state index in [4.69, 9.17) is 6.92 Å². The SMILES string of the molecule is [CH]c1ccccc1C(=O)c1ccc(C)cc1F.